The second-order valence-corrected chi connectivity index (χ2v) is 8.80. The second kappa shape index (κ2) is 7.74. The molecule has 6 nitrogen and oxygen atoms in total. The Balaban J connectivity index is 1.30. The van der Waals surface area contributed by atoms with E-state index in [-0.39, 0.29) is 23.3 Å². The third-order valence-corrected chi connectivity index (χ3v) is 6.55. The van der Waals surface area contributed by atoms with E-state index in [0.29, 0.717) is 31.1 Å². The molecule has 2 aliphatic heterocycles. The molecule has 1 spiro atoms. The number of benzene rings is 1. The van der Waals surface area contributed by atoms with Gasteiger partial charge in [0.2, 0.25) is 5.91 Å². The van der Waals surface area contributed by atoms with Crippen molar-refractivity contribution in [3.63, 3.8) is 0 Å². The molecule has 1 unspecified atom stereocenters. The van der Waals surface area contributed by atoms with Gasteiger partial charge in [-0.15, -0.1) is 0 Å². The van der Waals surface area contributed by atoms with Crippen LogP contribution in [0.5, 0.6) is 5.75 Å². The molecule has 2 amide bonds. The first kappa shape index (κ1) is 19.1. The standard InChI is InChI=1S/C24H27N3O3/c28-22(26-19-7-8-19)14-18-15-24(30-21-6-2-1-5-20(18)21)9-12-27(13-10-24)23(29)17-4-3-11-25-16-17/h1-6,11,16,18-19H,7-10,12-15H2,(H,26,28). The summed E-state index contributed by atoms with van der Waals surface area (Å²) in [5.41, 5.74) is 1.44. The molecule has 6 heteroatoms. The zero-order chi connectivity index (χ0) is 20.6. The first-order chi connectivity index (χ1) is 14.6. The molecule has 0 radical (unpaired) electrons. The molecule has 1 saturated carbocycles. The summed E-state index contributed by atoms with van der Waals surface area (Å²) in [7, 11) is 0. The number of pyridine rings is 1. The van der Waals surface area contributed by atoms with Gasteiger partial charge in [-0.2, -0.15) is 0 Å². The highest BCUT2D eigenvalue weighted by atomic mass is 16.5. The molecular formula is C24H27N3O3. The van der Waals surface area contributed by atoms with E-state index in [4.69, 9.17) is 4.74 Å². The van der Waals surface area contributed by atoms with Crippen LogP contribution in [-0.4, -0.2) is 46.4 Å². The average molecular weight is 405 g/mol. The molecule has 1 saturated heterocycles. The van der Waals surface area contributed by atoms with Gasteiger partial charge in [0, 0.05) is 56.7 Å². The van der Waals surface area contributed by atoms with Crippen LogP contribution in [0.25, 0.3) is 0 Å². The number of hydrogen-bond acceptors (Lipinski definition) is 4. The number of nitrogens with one attached hydrogen (secondary N) is 1. The molecule has 2 aromatic rings. The van der Waals surface area contributed by atoms with Gasteiger partial charge in [0.1, 0.15) is 11.4 Å². The Hall–Kier alpha value is -2.89. The highest BCUT2D eigenvalue weighted by molar-refractivity contribution is 5.93. The van der Waals surface area contributed by atoms with Crippen molar-refractivity contribution in [2.75, 3.05) is 13.1 Å². The van der Waals surface area contributed by atoms with E-state index in [1.165, 1.54) is 0 Å². The number of carbonyl (C=O) groups is 2. The topological polar surface area (TPSA) is 71.5 Å². The van der Waals surface area contributed by atoms with Crippen LogP contribution in [0.4, 0.5) is 0 Å². The predicted molar refractivity (Wildman–Crippen MR) is 112 cm³/mol. The van der Waals surface area contributed by atoms with Crippen LogP contribution in [0.15, 0.2) is 48.8 Å². The lowest BCUT2D eigenvalue weighted by atomic mass is 9.76. The van der Waals surface area contributed by atoms with Crippen molar-refractivity contribution >= 4 is 11.8 Å². The number of amides is 2. The molecular weight excluding hydrogens is 378 g/mol. The van der Waals surface area contributed by atoms with Gasteiger partial charge in [-0.1, -0.05) is 18.2 Å². The Morgan fingerprint density at radius 1 is 1.13 bits per heavy atom. The number of piperidine rings is 1. The smallest absolute Gasteiger partial charge is 0.255 e. The van der Waals surface area contributed by atoms with Crippen LogP contribution in [0, 0.1) is 0 Å². The van der Waals surface area contributed by atoms with Crippen LogP contribution in [0.1, 0.15) is 60.4 Å². The zero-order valence-corrected chi connectivity index (χ0v) is 17.0. The van der Waals surface area contributed by atoms with Crippen LogP contribution >= 0.6 is 0 Å². The fourth-order valence-corrected chi connectivity index (χ4v) is 4.76. The molecule has 156 valence electrons. The van der Waals surface area contributed by atoms with E-state index in [1.54, 1.807) is 18.5 Å². The Morgan fingerprint density at radius 2 is 1.93 bits per heavy atom. The highest BCUT2D eigenvalue weighted by Gasteiger charge is 2.44. The largest absolute Gasteiger partial charge is 0.487 e. The van der Waals surface area contributed by atoms with Crippen molar-refractivity contribution in [3.05, 3.63) is 59.9 Å². The number of para-hydroxylation sites is 1. The van der Waals surface area contributed by atoms with E-state index in [1.807, 2.05) is 29.2 Å². The summed E-state index contributed by atoms with van der Waals surface area (Å²) < 4.78 is 6.52. The Bertz CT molecular complexity index is 934. The van der Waals surface area contributed by atoms with Crippen molar-refractivity contribution in [2.24, 2.45) is 0 Å². The monoisotopic (exact) mass is 405 g/mol. The van der Waals surface area contributed by atoms with Crippen molar-refractivity contribution in [1.29, 1.82) is 0 Å². The Labute approximate surface area is 176 Å². The fraction of sp³-hybridized carbons (Fsp3) is 0.458. The third kappa shape index (κ3) is 3.91. The van der Waals surface area contributed by atoms with Crippen molar-refractivity contribution in [3.8, 4) is 5.75 Å². The maximum absolute atomic E-state index is 12.8. The molecule has 3 aliphatic rings. The first-order valence-electron chi connectivity index (χ1n) is 10.9. The highest BCUT2D eigenvalue weighted by Crippen LogP contribution is 2.46. The number of hydrogen-bond donors (Lipinski definition) is 1. The van der Waals surface area contributed by atoms with Crippen LogP contribution in [-0.2, 0) is 4.79 Å². The van der Waals surface area contributed by atoms with Gasteiger partial charge in [0.05, 0.1) is 5.56 Å². The molecule has 0 bridgehead atoms. The van der Waals surface area contributed by atoms with Crippen LogP contribution < -0.4 is 10.1 Å². The molecule has 1 aromatic carbocycles. The maximum atomic E-state index is 12.8. The SMILES string of the molecule is O=C(CC1CC2(CCN(C(=O)c3cccnc3)CC2)Oc2ccccc21)NC1CC1. The summed E-state index contributed by atoms with van der Waals surface area (Å²) >= 11 is 0. The quantitative estimate of drug-likeness (QED) is 0.847. The minimum Gasteiger partial charge on any atom is -0.487 e. The van der Waals surface area contributed by atoms with Crippen LogP contribution in [0.3, 0.4) is 0 Å². The summed E-state index contributed by atoms with van der Waals surface area (Å²) in [5, 5.41) is 3.12. The summed E-state index contributed by atoms with van der Waals surface area (Å²) in [4.78, 5) is 31.3. The van der Waals surface area contributed by atoms with E-state index < -0.39 is 0 Å². The summed E-state index contributed by atoms with van der Waals surface area (Å²) in [6, 6.07) is 12.1. The fourth-order valence-electron chi connectivity index (χ4n) is 4.76. The molecule has 1 aliphatic carbocycles. The lowest BCUT2D eigenvalue weighted by Gasteiger charge is -2.47. The molecule has 1 aromatic heterocycles. The Morgan fingerprint density at radius 3 is 2.67 bits per heavy atom. The number of rotatable bonds is 4. The molecule has 3 heterocycles. The lowest BCUT2D eigenvalue weighted by Crippen LogP contribution is -2.52. The van der Waals surface area contributed by atoms with E-state index in [0.717, 1.165) is 43.4 Å². The van der Waals surface area contributed by atoms with Gasteiger partial charge < -0.3 is 15.0 Å². The van der Waals surface area contributed by atoms with Crippen molar-refractivity contribution < 1.29 is 14.3 Å². The molecule has 1 atom stereocenters. The number of carbonyl (C=O) groups excluding carboxylic acids is 2. The summed E-state index contributed by atoms with van der Waals surface area (Å²) in [6.45, 7) is 1.30. The second-order valence-electron chi connectivity index (χ2n) is 8.80. The lowest BCUT2D eigenvalue weighted by molar-refractivity contribution is -0.122. The minimum atomic E-state index is -0.315. The summed E-state index contributed by atoms with van der Waals surface area (Å²) in [5.74, 6) is 1.20. The molecule has 30 heavy (non-hydrogen) atoms. The molecule has 5 rings (SSSR count). The number of ether oxygens (including phenoxy) is 1. The van der Waals surface area contributed by atoms with Crippen LogP contribution in [0.2, 0.25) is 0 Å². The summed E-state index contributed by atoms with van der Waals surface area (Å²) in [6.07, 6.45) is 8.35. The average Bonchev–Trinajstić information content (AvgIpc) is 3.58. The van der Waals surface area contributed by atoms with E-state index in [9.17, 15) is 9.59 Å². The van der Waals surface area contributed by atoms with Crippen molar-refractivity contribution in [2.45, 2.75) is 56.1 Å². The van der Waals surface area contributed by atoms with E-state index >= 15 is 0 Å². The van der Waals surface area contributed by atoms with Gasteiger partial charge in [-0.3, -0.25) is 14.6 Å². The van der Waals surface area contributed by atoms with Gasteiger partial charge in [-0.25, -0.2) is 0 Å². The molecule has 2 fully saturated rings. The number of aromatic nitrogens is 1. The van der Waals surface area contributed by atoms with Gasteiger partial charge >= 0.3 is 0 Å². The van der Waals surface area contributed by atoms with Gasteiger partial charge in [0.15, 0.2) is 0 Å². The Kier molecular flexibility index (Phi) is 4.93. The maximum Gasteiger partial charge on any atom is 0.255 e. The zero-order valence-electron chi connectivity index (χ0n) is 17.0. The third-order valence-electron chi connectivity index (χ3n) is 6.55. The predicted octanol–water partition coefficient (Wildman–Crippen LogP) is 3.29. The molecule has 1 N–H and O–H groups in total. The van der Waals surface area contributed by atoms with E-state index in [2.05, 4.69) is 16.4 Å². The number of likely N-dealkylation sites (tertiary alicyclic amines) is 1. The van der Waals surface area contributed by atoms with Gasteiger partial charge in [0.25, 0.3) is 5.91 Å². The first-order valence-corrected chi connectivity index (χ1v) is 10.9. The van der Waals surface area contributed by atoms with Crippen molar-refractivity contribution in [1.82, 2.24) is 15.2 Å². The normalized spacial score (nSPS) is 22.1. The van der Waals surface area contributed by atoms with Gasteiger partial charge in [-0.05, 0) is 43.0 Å². The minimum absolute atomic E-state index is 0.0227. The number of fused-ring (bicyclic) bond motifs is 1. The number of nitrogens with zero attached hydrogens (tertiary/aromatic N) is 2.